The topological polar surface area (TPSA) is 3.24 Å². The zero-order chi connectivity index (χ0) is 15.3. The molecule has 0 heterocycles. The van der Waals surface area contributed by atoms with E-state index in [1.807, 2.05) is 0 Å². The largest absolute Gasteiger partial charge is 0.343 e. The van der Waals surface area contributed by atoms with Crippen molar-refractivity contribution in [3.63, 3.8) is 0 Å². The van der Waals surface area contributed by atoms with Gasteiger partial charge in [0.25, 0.3) is 0 Å². The van der Waals surface area contributed by atoms with E-state index >= 15 is 0 Å². The van der Waals surface area contributed by atoms with Gasteiger partial charge in [-0.15, -0.1) is 0 Å². The molecule has 1 nitrogen and oxygen atoms in total. The fourth-order valence-electron chi connectivity index (χ4n) is 2.49. The first-order valence-electron chi connectivity index (χ1n) is 7.51. The highest BCUT2D eigenvalue weighted by molar-refractivity contribution is 6.89. The van der Waals surface area contributed by atoms with Crippen LogP contribution in [0.2, 0.25) is 39.3 Å². The van der Waals surface area contributed by atoms with Crippen LogP contribution in [0.1, 0.15) is 33.6 Å². The monoisotopic (exact) mass is 297 g/mol. The molecule has 19 heavy (non-hydrogen) atoms. The molecule has 0 N–H and O–H groups in total. The molecule has 0 aromatic rings. The van der Waals surface area contributed by atoms with Crippen molar-refractivity contribution in [3.8, 4) is 0 Å². The molecule has 0 bridgehead atoms. The second kappa shape index (κ2) is 7.60. The van der Waals surface area contributed by atoms with Crippen molar-refractivity contribution < 1.29 is 0 Å². The molecule has 3 heteroatoms. The average molecular weight is 298 g/mol. The van der Waals surface area contributed by atoms with Crippen LogP contribution < -0.4 is 0 Å². The SMILES string of the molecule is CC(C)=CCC/C(C)=C\CN([Si](C)(C)C)[Si](C)(C)C. The van der Waals surface area contributed by atoms with Crippen molar-refractivity contribution in [1.29, 1.82) is 0 Å². The summed E-state index contributed by atoms with van der Waals surface area (Å²) in [5.74, 6) is 0. The Morgan fingerprint density at radius 1 is 0.842 bits per heavy atom. The van der Waals surface area contributed by atoms with Crippen molar-refractivity contribution in [3.05, 3.63) is 23.3 Å². The lowest BCUT2D eigenvalue weighted by molar-refractivity contribution is 0.682. The maximum absolute atomic E-state index is 2.84. The summed E-state index contributed by atoms with van der Waals surface area (Å²) in [6, 6.07) is 0. The molecule has 112 valence electrons. The van der Waals surface area contributed by atoms with Gasteiger partial charge in [0.05, 0.1) is 0 Å². The minimum Gasteiger partial charge on any atom is -0.343 e. The zero-order valence-electron chi connectivity index (χ0n) is 14.7. The molecule has 0 fully saturated rings. The lowest BCUT2D eigenvalue weighted by Gasteiger charge is -2.43. The Labute approximate surface area is 124 Å². The van der Waals surface area contributed by atoms with Crippen LogP contribution in [0.25, 0.3) is 0 Å². The smallest absolute Gasteiger partial charge is 0.112 e. The lowest BCUT2D eigenvalue weighted by atomic mass is 10.1. The number of hydrogen-bond donors (Lipinski definition) is 0. The van der Waals surface area contributed by atoms with Crippen LogP contribution in [0, 0.1) is 0 Å². The van der Waals surface area contributed by atoms with E-state index in [1.54, 1.807) is 5.57 Å². The first kappa shape index (κ1) is 18.9. The molecule has 0 unspecified atom stereocenters. The van der Waals surface area contributed by atoms with Crippen LogP contribution >= 0.6 is 0 Å². The van der Waals surface area contributed by atoms with Gasteiger partial charge >= 0.3 is 0 Å². The molecule has 0 aromatic carbocycles. The van der Waals surface area contributed by atoms with Crippen LogP contribution in [0.3, 0.4) is 0 Å². The Morgan fingerprint density at radius 2 is 1.32 bits per heavy atom. The van der Waals surface area contributed by atoms with E-state index in [2.05, 4.69) is 76.4 Å². The Hall–Kier alpha value is -0.126. The van der Waals surface area contributed by atoms with Crippen molar-refractivity contribution >= 4 is 16.5 Å². The predicted molar refractivity (Wildman–Crippen MR) is 95.8 cm³/mol. The molecule has 0 atom stereocenters. The van der Waals surface area contributed by atoms with Crippen LogP contribution in [-0.2, 0) is 0 Å². The van der Waals surface area contributed by atoms with Crippen molar-refractivity contribution in [2.24, 2.45) is 0 Å². The standard InChI is InChI=1S/C16H35NSi2/c1-15(2)11-10-12-16(3)13-14-17(18(4,5)6)19(7,8)9/h11,13H,10,12,14H2,1-9H3/b16-13-. The summed E-state index contributed by atoms with van der Waals surface area (Å²) in [4.78, 5) is 0. The van der Waals surface area contributed by atoms with E-state index < -0.39 is 16.5 Å². The summed E-state index contributed by atoms with van der Waals surface area (Å²) in [5.41, 5.74) is 2.97. The molecule has 0 aliphatic rings. The molecule has 0 rings (SSSR count). The second-order valence-electron chi connectivity index (χ2n) is 7.82. The van der Waals surface area contributed by atoms with Gasteiger partial charge in [0.2, 0.25) is 0 Å². The van der Waals surface area contributed by atoms with Gasteiger partial charge in [0.15, 0.2) is 0 Å². The molecular formula is C16H35NSi2. The summed E-state index contributed by atoms with van der Waals surface area (Å²) >= 11 is 0. The van der Waals surface area contributed by atoms with Gasteiger partial charge in [-0.05, 0) is 33.6 Å². The Balaban J connectivity index is 4.59. The summed E-state index contributed by atoms with van der Waals surface area (Å²) < 4.78 is 2.84. The highest BCUT2D eigenvalue weighted by Crippen LogP contribution is 2.20. The van der Waals surface area contributed by atoms with Crippen molar-refractivity contribution in [2.45, 2.75) is 72.9 Å². The Bertz CT molecular complexity index is 312. The van der Waals surface area contributed by atoms with E-state index in [0.29, 0.717) is 0 Å². The van der Waals surface area contributed by atoms with Crippen molar-refractivity contribution in [2.75, 3.05) is 6.54 Å². The van der Waals surface area contributed by atoms with Crippen LogP contribution in [0.4, 0.5) is 0 Å². The van der Waals surface area contributed by atoms with Gasteiger partial charge in [-0.2, -0.15) is 0 Å². The van der Waals surface area contributed by atoms with Crippen LogP contribution in [-0.4, -0.2) is 27.2 Å². The average Bonchev–Trinajstić information content (AvgIpc) is 2.12. The molecule has 0 saturated heterocycles. The fourth-order valence-corrected chi connectivity index (χ4v) is 11.8. The molecule has 0 radical (unpaired) electrons. The fraction of sp³-hybridized carbons (Fsp3) is 0.750. The highest BCUT2D eigenvalue weighted by atomic mass is 28.4. The lowest BCUT2D eigenvalue weighted by Crippen LogP contribution is -2.58. The maximum atomic E-state index is 2.84. The van der Waals surface area contributed by atoms with Crippen molar-refractivity contribution in [1.82, 2.24) is 4.23 Å². The van der Waals surface area contributed by atoms with Crippen LogP contribution in [0.5, 0.6) is 0 Å². The molecule has 0 saturated carbocycles. The molecule has 0 aliphatic carbocycles. The first-order chi connectivity index (χ1) is 8.44. The van der Waals surface area contributed by atoms with Gasteiger partial charge in [0.1, 0.15) is 16.5 Å². The third kappa shape index (κ3) is 8.61. The normalized spacial score (nSPS) is 13.9. The maximum Gasteiger partial charge on any atom is 0.112 e. The molecular weight excluding hydrogens is 262 g/mol. The summed E-state index contributed by atoms with van der Waals surface area (Å²) in [5, 5.41) is 0. The number of rotatable bonds is 7. The highest BCUT2D eigenvalue weighted by Gasteiger charge is 2.33. The van der Waals surface area contributed by atoms with Gasteiger partial charge in [-0.3, -0.25) is 0 Å². The van der Waals surface area contributed by atoms with Gasteiger partial charge in [-0.25, -0.2) is 0 Å². The molecule has 0 spiro atoms. The molecule has 0 aliphatic heterocycles. The third-order valence-electron chi connectivity index (χ3n) is 3.33. The summed E-state index contributed by atoms with van der Waals surface area (Å²) in [6.45, 7) is 22.6. The van der Waals surface area contributed by atoms with E-state index in [9.17, 15) is 0 Å². The summed E-state index contributed by atoms with van der Waals surface area (Å²) in [6.07, 6.45) is 7.20. The Morgan fingerprint density at radius 3 is 1.68 bits per heavy atom. The quantitative estimate of drug-likeness (QED) is 0.433. The van der Waals surface area contributed by atoms with E-state index in [-0.39, 0.29) is 0 Å². The number of allylic oxidation sites excluding steroid dienone is 3. The van der Waals surface area contributed by atoms with E-state index in [1.165, 1.54) is 18.4 Å². The number of hydrogen-bond acceptors (Lipinski definition) is 1. The number of nitrogens with zero attached hydrogens (tertiary/aromatic N) is 1. The third-order valence-corrected chi connectivity index (χ3v) is 11.0. The van der Waals surface area contributed by atoms with Gasteiger partial charge in [0, 0.05) is 6.54 Å². The summed E-state index contributed by atoms with van der Waals surface area (Å²) in [7, 11) is -2.40. The molecule has 0 amide bonds. The van der Waals surface area contributed by atoms with E-state index in [0.717, 1.165) is 6.54 Å². The minimum atomic E-state index is -1.20. The van der Waals surface area contributed by atoms with Crippen LogP contribution in [0.15, 0.2) is 23.3 Å². The van der Waals surface area contributed by atoms with Gasteiger partial charge in [-0.1, -0.05) is 62.6 Å². The minimum absolute atomic E-state index is 1.16. The second-order valence-corrected chi connectivity index (χ2v) is 18.0. The first-order valence-corrected chi connectivity index (χ1v) is 14.4. The Kier molecular flexibility index (Phi) is 7.55. The molecule has 0 aromatic heterocycles. The predicted octanol–water partition coefficient (Wildman–Crippen LogP) is 5.65. The van der Waals surface area contributed by atoms with Gasteiger partial charge < -0.3 is 4.23 Å². The zero-order valence-corrected chi connectivity index (χ0v) is 16.7. The van der Waals surface area contributed by atoms with E-state index in [4.69, 9.17) is 0 Å².